The first-order valence-corrected chi connectivity index (χ1v) is 20.2. The summed E-state index contributed by atoms with van der Waals surface area (Å²) < 4.78 is 5.02. The minimum atomic E-state index is 1.09. The van der Waals surface area contributed by atoms with E-state index in [-0.39, 0.29) is 0 Å². The zero-order valence-electron chi connectivity index (χ0n) is 31.1. The van der Waals surface area contributed by atoms with Gasteiger partial charge in [0.15, 0.2) is 0 Å². The molecule has 0 unspecified atom stereocenters. The van der Waals surface area contributed by atoms with E-state index in [4.69, 9.17) is 0 Å². The Bertz CT molecular complexity index is 3230. The predicted octanol–water partition coefficient (Wildman–Crippen LogP) is 15.6. The van der Waals surface area contributed by atoms with E-state index < -0.39 is 0 Å². The Labute approximate surface area is 335 Å². The molecule has 2 nitrogen and oxygen atoms in total. The number of rotatable bonds is 7. The van der Waals surface area contributed by atoms with Crippen molar-refractivity contribution in [3.63, 3.8) is 0 Å². The highest BCUT2D eigenvalue weighted by atomic mass is 32.1. The van der Waals surface area contributed by atoms with Crippen molar-refractivity contribution in [2.45, 2.75) is 0 Å². The number of benzene rings is 9. The average molecular weight is 745 g/mol. The van der Waals surface area contributed by atoms with Crippen molar-refractivity contribution in [1.82, 2.24) is 4.57 Å². The van der Waals surface area contributed by atoms with Crippen LogP contribution in [0.1, 0.15) is 0 Å². The van der Waals surface area contributed by atoms with E-state index in [0.717, 1.165) is 28.3 Å². The van der Waals surface area contributed by atoms with Crippen molar-refractivity contribution in [3.8, 4) is 39.1 Å². The highest BCUT2D eigenvalue weighted by molar-refractivity contribution is 7.25. The molecule has 0 amide bonds. The average Bonchev–Trinajstić information content (AvgIpc) is 3.83. The SMILES string of the molecule is c1ccc(-c2ccc(N(c3ccc4c5ccccc5n(-c5ccccc5)c4c3)c3ccccc3-c3ccc4sc5ccccc5c4c3)cc2-c2ccccc2)cc1. The number of fused-ring (bicyclic) bond motifs is 6. The monoisotopic (exact) mass is 744 g/mol. The van der Waals surface area contributed by atoms with Crippen LogP contribution in [0.5, 0.6) is 0 Å². The minimum Gasteiger partial charge on any atom is -0.310 e. The topological polar surface area (TPSA) is 8.17 Å². The van der Waals surface area contributed by atoms with Crippen molar-refractivity contribution >= 4 is 70.4 Å². The molecule has 0 radical (unpaired) electrons. The summed E-state index contributed by atoms with van der Waals surface area (Å²) in [6.45, 7) is 0. The van der Waals surface area contributed by atoms with Crippen molar-refractivity contribution in [2.75, 3.05) is 4.90 Å². The van der Waals surface area contributed by atoms with E-state index >= 15 is 0 Å². The fourth-order valence-electron chi connectivity index (χ4n) is 8.58. The van der Waals surface area contributed by atoms with Crippen LogP contribution >= 0.6 is 11.3 Å². The van der Waals surface area contributed by atoms with Gasteiger partial charge in [-0.15, -0.1) is 11.3 Å². The highest BCUT2D eigenvalue weighted by Gasteiger charge is 2.22. The molecule has 2 heterocycles. The third-order valence-electron chi connectivity index (χ3n) is 11.2. The Morgan fingerprint density at radius 2 is 0.930 bits per heavy atom. The maximum atomic E-state index is 2.46. The molecule has 0 aliphatic heterocycles. The molecule has 0 atom stereocenters. The van der Waals surface area contributed by atoms with Gasteiger partial charge in [-0.25, -0.2) is 0 Å². The largest absolute Gasteiger partial charge is 0.310 e. The van der Waals surface area contributed by atoms with Crippen LogP contribution in [0, 0.1) is 0 Å². The van der Waals surface area contributed by atoms with Crippen LogP contribution in [0.25, 0.3) is 81.0 Å². The number of aromatic nitrogens is 1. The van der Waals surface area contributed by atoms with Gasteiger partial charge in [0, 0.05) is 53.6 Å². The van der Waals surface area contributed by atoms with Gasteiger partial charge in [0.05, 0.1) is 16.7 Å². The number of hydrogen-bond donors (Lipinski definition) is 0. The van der Waals surface area contributed by atoms with E-state index in [0.29, 0.717) is 0 Å². The first-order chi connectivity index (χ1) is 28.3. The van der Waals surface area contributed by atoms with E-state index in [9.17, 15) is 0 Å². The van der Waals surface area contributed by atoms with Gasteiger partial charge in [0.25, 0.3) is 0 Å². The lowest BCUT2D eigenvalue weighted by Gasteiger charge is -2.29. The van der Waals surface area contributed by atoms with E-state index in [1.54, 1.807) is 0 Å². The molecule has 268 valence electrons. The van der Waals surface area contributed by atoms with Gasteiger partial charge >= 0.3 is 0 Å². The Morgan fingerprint density at radius 3 is 1.74 bits per heavy atom. The molecule has 0 aliphatic rings. The molecule has 0 aliphatic carbocycles. The summed E-state index contributed by atoms with van der Waals surface area (Å²) in [6, 6.07) is 79.5. The normalized spacial score (nSPS) is 11.5. The zero-order valence-corrected chi connectivity index (χ0v) is 31.9. The Morgan fingerprint density at radius 1 is 0.333 bits per heavy atom. The fourth-order valence-corrected chi connectivity index (χ4v) is 9.67. The summed E-state index contributed by atoms with van der Waals surface area (Å²) in [4.78, 5) is 2.46. The van der Waals surface area contributed by atoms with Gasteiger partial charge < -0.3 is 9.47 Å². The molecular weight excluding hydrogens is 709 g/mol. The lowest BCUT2D eigenvalue weighted by Crippen LogP contribution is -2.12. The Hall–Kier alpha value is -7.20. The van der Waals surface area contributed by atoms with Crippen LogP contribution in [0.3, 0.4) is 0 Å². The van der Waals surface area contributed by atoms with Gasteiger partial charge in [0.2, 0.25) is 0 Å². The van der Waals surface area contributed by atoms with Gasteiger partial charge in [-0.2, -0.15) is 0 Å². The van der Waals surface area contributed by atoms with E-state index in [1.807, 2.05) is 11.3 Å². The summed E-state index contributed by atoms with van der Waals surface area (Å²) in [7, 11) is 0. The number of hydrogen-bond acceptors (Lipinski definition) is 2. The molecule has 0 spiro atoms. The van der Waals surface area contributed by atoms with E-state index in [2.05, 4.69) is 228 Å². The molecule has 0 bridgehead atoms. The first-order valence-electron chi connectivity index (χ1n) is 19.4. The number of para-hydroxylation sites is 3. The third-order valence-corrected chi connectivity index (χ3v) is 12.3. The molecule has 11 aromatic rings. The standard InChI is InChI=1S/C54H36N2S/c1-4-16-37(17-5-1)43-31-29-41(35-48(43)38-18-6-2-7-19-38)55(42-30-32-46-45-23-11-14-26-51(45)56(52(46)36-42)40-20-8-3-9-21-40)50-25-13-10-22-44(50)39-28-33-54-49(34-39)47-24-12-15-27-53(47)57-54/h1-36H. The van der Waals surface area contributed by atoms with Crippen LogP contribution in [0.2, 0.25) is 0 Å². The molecule has 3 heteroatoms. The molecule has 2 aromatic heterocycles. The Balaban J connectivity index is 1.18. The second kappa shape index (κ2) is 13.8. The van der Waals surface area contributed by atoms with Gasteiger partial charge in [-0.05, 0) is 94.5 Å². The molecule has 0 N–H and O–H groups in total. The van der Waals surface area contributed by atoms with Crippen molar-refractivity contribution < 1.29 is 0 Å². The number of nitrogens with zero attached hydrogens (tertiary/aromatic N) is 2. The quantitative estimate of drug-likeness (QED) is 0.158. The van der Waals surface area contributed by atoms with E-state index in [1.165, 1.54) is 69.8 Å². The second-order valence-corrected chi connectivity index (χ2v) is 15.6. The van der Waals surface area contributed by atoms with Gasteiger partial charge in [-0.1, -0.05) is 152 Å². The predicted molar refractivity (Wildman–Crippen MR) is 245 cm³/mol. The molecule has 0 saturated carbocycles. The summed E-state index contributed by atoms with van der Waals surface area (Å²) in [5, 5.41) is 5.06. The molecule has 57 heavy (non-hydrogen) atoms. The molecular formula is C54H36N2S. The zero-order chi connectivity index (χ0) is 37.7. The smallest absolute Gasteiger partial charge is 0.0561 e. The summed E-state index contributed by atoms with van der Waals surface area (Å²) in [6.07, 6.45) is 0. The number of thiophene rings is 1. The molecule has 9 aromatic carbocycles. The van der Waals surface area contributed by atoms with Crippen LogP contribution in [0.4, 0.5) is 17.1 Å². The van der Waals surface area contributed by atoms with Crippen LogP contribution in [-0.4, -0.2) is 4.57 Å². The highest BCUT2D eigenvalue weighted by Crippen LogP contribution is 2.46. The van der Waals surface area contributed by atoms with Crippen LogP contribution in [0.15, 0.2) is 218 Å². The van der Waals surface area contributed by atoms with Crippen LogP contribution < -0.4 is 4.90 Å². The molecule has 0 saturated heterocycles. The minimum absolute atomic E-state index is 1.09. The molecule has 11 rings (SSSR count). The Kier molecular flexibility index (Phi) is 8.04. The van der Waals surface area contributed by atoms with Crippen LogP contribution in [-0.2, 0) is 0 Å². The van der Waals surface area contributed by atoms with Gasteiger partial charge in [0.1, 0.15) is 0 Å². The maximum absolute atomic E-state index is 2.46. The second-order valence-electron chi connectivity index (χ2n) is 14.5. The summed E-state index contributed by atoms with van der Waals surface area (Å²) in [5.41, 5.74) is 13.9. The lowest BCUT2D eigenvalue weighted by molar-refractivity contribution is 1.18. The lowest BCUT2D eigenvalue weighted by atomic mass is 9.93. The summed E-state index contributed by atoms with van der Waals surface area (Å²) >= 11 is 1.86. The summed E-state index contributed by atoms with van der Waals surface area (Å²) in [5.74, 6) is 0. The fraction of sp³-hybridized carbons (Fsp3) is 0. The third kappa shape index (κ3) is 5.71. The van der Waals surface area contributed by atoms with Crippen molar-refractivity contribution in [2.24, 2.45) is 0 Å². The number of anilines is 3. The first kappa shape index (κ1) is 33.2. The molecule has 0 fully saturated rings. The van der Waals surface area contributed by atoms with Gasteiger partial charge in [-0.3, -0.25) is 0 Å². The maximum Gasteiger partial charge on any atom is 0.0561 e. The van der Waals surface area contributed by atoms with Crippen molar-refractivity contribution in [3.05, 3.63) is 218 Å². The van der Waals surface area contributed by atoms with Crippen molar-refractivity contribution in [1.29, 1.82) is 0 Å².